The van der Waals surface area contributed by atoms with Gasteiger partial charge in [0.1, 0.15) is 0 Å². The summed E-state index contributed by atoms with van der Waals surface area (Å²) in [6, 6.07) is 7.90. The number of hydrogen-bond donors (Lipinski definition) is 0. The van der Waals surface area contributed by atoms with Crippen molar-refractivity contribution in [3.05, 3.63) is 35.4 Å². The van der Waals surface area contributed by atoms with E-state index in [4.69, 9.17) is 0 Å². The lowest BCUT2D eigenvalue weighted by Crippen LogP contribution is -2.47. The van der Waals surface area contributed by atoms with Crippen molar-refractivity contribution in [2.75, 3.05) is 20.6 Å². The number of benzene rings is 1. The maximum absolute atomic E-state index is 12.5. The van der Waals surface area contributed by atoms with Gasteiger partial charge in [0, 0.05) is 27.1 Å². The lowest BCUT2D eigenvalue weighted by atomic mass is 9.82. The molecule has 2 amide bonds. The minimum absolute atomic E-state index is 0.106. The molecular formula is C17H24N2O2. The second-order valence-corrected chi connectivity index (χ2v) is 5.86. The van der Waals surface area contributed by atoms with Crippen LogP contribution in [0.25, 0.3) is 0 Å². The number of nitrogens with zero attached hydrogens (tertiary/aromatic N) is 2. The van der Waals surface area contributed by atoms with Crippen molar-refractivity contribution < 1.29 is 9.59 Å². The number of amides is 2. The van der Waals surface area contributed by atoms with Gasteiger partial charge in [-0.2, -0.15) is 0 Å². The molecule has 1 fully saturated rings. The number of likely N-dealkylation sites (tertiary alicyclic amines) is 1. The zero-order chi connectivity index (χ0) is 15.6. The monoisotopic (exact) mass is 288 g/mol. The van der Waals surface area contributed by atoms with Crippen LogP contribution >= 0.6 is 0 Å². The first kappa shape index (κ1) is 15.5. The summed E-state index contributed by atoms with van der Waals surface area (Å²) in [6.45, 7) is 4.65. The highest BCUT2D eigenvalue weighted by atomic mass is 16.2. The fourth-order valence-electron chi connectivity index (χ4n) is 3.22. The number of carbonyl (C=O) groups excluding carboxylic acids is 2. The second kappa shape index (κ2) is 6.29. The summed E-state index contributed by atoms with van der Waals surface area (Å²) >= 11 is 0. The molecule has 2 atom stereocenters. The van der Waals surface area contributed by atoms with Crippen molar-refractivity contribution in [3.63, 3.8) is 0 Å². The van der Waals surface area contributed by atoms with Crippen molar-refractivity contribution in [2.24, 2.45) is 5.92 Å². The van der Waals surface area contributed by atoms with Gasteiger partial charge >= 0.3 is 0 Å². The number of rotatable bonds is 3. The summed E-state index contributed by atoms with van der Waals surface area (Å²) in [7, 11) is 3.56. The SMILES string of the molecule is CCN1C(=O)CC[C@@H](C(=O)N(C)C)[C@@H]1c1ccccc1C. The number of aryl methyl sites for hydroxylation is 1. The van der Waals surface area contributed by atoms with Crippen LogP contribution in [0.4, 0.5) is 0 Å². The van der Waals surface area contributed by atoms with Crippen LogP contribution in [0.2, 0.25) is 0 Å². The van der Waals surface area contributed by atoms with Gasteiger partial charge in [0.25, 0.3) is 0 Å². The van der Waals surface area contributed by atoms with Crippen LogP contribution in [0.5, 0.6) is 0 Å². The Hall–Kier alpha value is -1.84. The van der Waals surface area contributed by atoms with E-state index in [0.29, 0.717) is 19.4 Å². The standard InChI is InChI=1S/C17H24N2O2/c1-5-19-15(20)11-10-14(17(21)18(3)4)16(19)13-9-7-6-8-12(13)2/h6-9,14,16H,5,10-11H2,1-4H3/t14-,16+/m1/s1. The summed E-state index contributed by atoms with van der Waals surface area (Å²) < 4.78 is 0. The topological polar surface area (TPSA) is 40.6 Å². The lowest BCUT2D eigenvalue weighted by Gasteiger charge is -2.41. The maximum atomic E-state index is 12.5. The predicted octanol–water partition coefficient (Wildman–Crippen LogP) is 2.38. The third kappa shape index (κ3) is 2.94. The highest BCUT2D eigenvalue weighted by molar-refractivity contribution is 5.85. The van der Waals surface area contributed by atoms with Crippen LogP contribution in [0.1, 0.15) is 36.9 Å². The molecule has 21 heavy (non-hydrogen) atoms. The molecule has 0 bridgehead atoms. The van der Waals surface area contributed by atoms with Crippen LogP contribution in [0, 0.1) is 12.8 Å². The van der Waals surface area contributed by atoms with E-state index in [9.17, 15) is 9.59 Å². The molecular weight excluding hydrogens is 264 g/mol. The smallest absolute Gasteiger partial charge is 0.227 e. The zero-order valence-corrected chi connectivity index (χ0v) is 13.3. The minimum atomic E-state index is -0.154. The Bertz CT molecular complexity index is 539. The third-order valence-electron chi connectivity index (χ3n) is 4.31. The quantitative estimate of drug-likeness (QED) is 0.857. The zero-order valence-electron chi connectivity index (χ0n) is 13.3. The molecule has 1 heterocycles. The summed E-state index contributed by atoms with van der Waals surface area (Å²) in [4.78, 5) is 28.3. The molecule has 1 aromatic carbocycles. The van der Waals surface area contributed by atoms with Crippen LogP contribution in [-0.2, 0) is 9.59 Å². The lowest BCUT2D eigenvalue weighted by molar-refractivity contribution is -0.146. The van der Waals surface area contributed by atoms with E-state index in [-0.39, 0.29) is 23.8 Å². The van der Waals surface area contributed by atoms with Crippen LogP contribution in [-0.4, -0.2) is 42.3 Å². The third-order valence-corrected chi connectivity index (χ3v) is 4.31. The largest absolute Gasteiger partial charge is 0.349 e. The fraction of sp³-hybridized carbons (Fsp3) is 0.529. The van der Waals surface area contributed by atoms with E-state index in [0.717, 1.165) is 11.1 Å². The molecule has 4 heteroatoms. The molecule has 114 valence electrons. The first-order valence-electron chi connectivity index (χ1n) is 7.53. The summed E-state index contributed by atoms with van der Waals surface area (Å²) in [6.07, 6.45) is 1.09. The molecule has 2 rings (SSSR count). The molecule has 1 saturated heterocycles. The van der Waals surface area contributed by atoms with Crippen molar-refractivity contribution in [2.45, 2.75) is 32.7 Å². The van der Waals surface area contributed by atoms with Gasteiger partial charge in [-0.3, -0.25) is 9.59 Å². The fourth-order valence-corrected chi connectivity index (χ4v) is 3.22. The summed E-state index contributed by atoms with van der Waals surface area (Å²) in [5, 5.41) is 0. The van der Waals surface area contributed by atoms with E-state index >= 15 is 0 Å². The van der Waals surface area contributed by atoms with Crippen LogP contribution in [0.15, 0.2) is 24.3 Å². The highest BCUT2D eigenvalue weighted by Gasteiger charge is 2.40. The number of piperidine rings is 1. The summed E-state index contributed by atoms with van der Waals surface area (Å²) in [5.74, 6) is 0.0986. The second-order valence-electron chi connectivity index (χ2n) is 5.86. The van der Waals surface area contributed by atoms with Gasteiger partial charge in [0.15, 0.2) is 0 Å². The van der Waals surface area contributed by atoms with Gasteiger partial charge in [0.2, 0.25) is 11.8 Å². The molecule has 0 saturated carbocycles. The first-order chi connectivity index (χ1) is 9.97. The van der Waals surface area contributed by atoms with E-state index in [2.05, 4.69) is 0 Å². The maximum Gasteiger partial charge on any atom is 0.227 e. The Morgan fingerprint density at radius 1 is 1.33 bits per heavy atom. The molecule has 0 radical (unpaired) electrons. The van der Waals surface area contributed by atoms with E-state index in [1.165, 1.54) is 0 Å². The Labute approximate surface area is 126 Å². The molecule has 1 aromatic rings. The highest BCUT2D eigenvalue weighted by Crippen LogP contribution is 2.38. The van der Waals surface area contributed by atoms with E-state index < -0.39 is 0 Å². The first-order valence-corrected chi connectivity index (χ1v) is 7.53. The van der Waals surface area contributed by atoms with Crippen LogP contribution in [0.3, 0.4) is 0 Å². The Morgan fingerprint density at radius 3 is 2.57 bits per heavy atom. The number of hydrogen-bond acceptors (Lipinski definition) is 2. The molecule has 0 aliphatic carbocycles. The van der Waals surface area contributed by atoms with Crippen molar-refractivity contribution in [3.8, 4) is 0 Å². The van der Waals surface area contributed by atoms with Crippen molar-refractivity contribution in [1.29, 1.82) is 0 Å². The Balaban J connectivity index is 2.47. The Kier molecular flexibility index (Phi) is 4.66. The average molecular weight is 288 g/mol. The minimum Gasteiger partial charge on any atom is -0.349 e. The molecule has 0 aromatic heterocycles. The average Bonchev–Trinajstić information content (AvgIpc) is 2.46. The van der Waals surface area contributed by atoms with Crippen molar-refractivity contribution in [1.82, 2.24) is 9.80 Å². The molecule has 0 N–H and O–H groups in total. The van der Waals surface area contributed by atoms with Crippen molar-refractivity contribution >= 4 is 11.8 Å². The van der Waals surface area contributed by atoms with Gasteiger partial charge in [-0.15, -0.1) is 0 Å². The molecule has 0 spiro atoms. The molecule has 4 nitrogen and oxygen atoms in total. The normalized spacial score (nSPS) is 22.3. The number of carbonyl (C=O) groups is 2. The molecule has 1 aliphatic heterocycles. The molecule has 0 unspecified atom stereocenters. The van der Waals surface area contributed by atoms with Gasteiger partial charge in [-0.05, 0) is 31.4 Å². The Morgan fingerprint density at radius 2 is 2.00 bits per heavy atom. The van der Waals surface area contributed by atoms with Gasteiger partial charge in [-0.25, -0.2) is 0 Å². The van der Waals surface area contributed by atoms with Gasteiger partial charge in [0.05, 0.1) is 12.0 Å². The van der Waals surface area contributed by atoms with Gasteiger partial charge < -0.3 is 9.80 Å². The van der Waals surface area contributed by atoms with E-state index in [1.54, 1.807) is 19.0 Å². The van der Waals surface area contributed by atoms with E-state index in [1.807, 2.05) is 43.0 Å². The van der Waals surface area contributed by atoms with Crippen LogP contribution < -0.4 is 0 Å². The molecule has 1 aliphatic rings. The van der Waals surface area contributed by atoms with Gasteiger partial charge in [-0.1, -0.05) is 24.3 Å². The predicted molar refractivity (Wildman–Crippen MR) is 82.7 cm³/mol. The summed E-state index contributed by atoms with van der Waals surface area (Å²) in [5.41, 5.74) is 2.22.